The topological polar surface area (TPSA) is 28.2 Å². The van der Waals surface area contributed by atoms with Gasteiger partial charge in [-0.15, -0.1) is 11.3 Å². The molecule has 19 heavy (non-hydrogen) atoms. The molecule has 0 saturated heterocycles. The molecule has 0 bridgehead atoms. The fourth-order valence-corrected chi connectivity index (χ4v) is 3.46. The Kier molecular flexibility index (Phi) is 5.64. The summed E-state index contributed by atoms with van der Waals surface area (Å²) < 4.78 is 0. The van der Waals surface area contributed by atoms with E-state index in [9.17, 15) is 0 Å². The number of rotatable bonds is 9. The third-order valence-electron chi connectivity index (χ3n) is 3.58. The molecule has 1 fully saturated rings. The first-order valence-electron chi connectivity index (χ1n) is 7.72. The van der Waals surface area contributed by atoms with Gasteiger partial charge < -0.3 is 10.2 Å². The van der Waals surface area contributed by atoms with Gasteiger partial charge in [0.25, 0.3) is 0 Å². The maximum absolute atomic E-state index is 4.89. The molecule has 1 aromatic heterocycles. The fourth-order valence-electron chi connectivity index (χ4n) is 2.30. The summed E-state index contributed by atoms with van der Waals surface area (Å²) in [6.07, 6.45) is 5.07. The minimum Gasteiger partial charge on any atom is -0.348 e. The highest BCUT2D eigenvalue weighted by Crippen LogP contribution is 2.34. The van der Waals surface area contributed by atoms with Gasteiger partial charge in [-0.2, -0.15) is 0 Å². The first-order valence-corrected chi connectivity index (χ1v) is 8.54. The highest BCUT2D eigenvalue weighted by atomic mass is 32.1. The summed E-state index contributed by atoms with van der Waals surface area (Å²) in [5.41, 5.74) is 1.29. The van der Waals surface area contributed by atoms with Gasteiger partial charge in [-0.05, 0) is 38.1 Å². The molecule has 1 aliphatic carbocycles. The summed E-state index contributed by atoms with van der Waals surface area (Å²) in [5.74, 6) is 0.928. The number of anilines is 1. The van der Waals surface area contributed by atoms with Crippen molar-refractivity contribution in [3.8, 4) is 0 Å². The molecule has 0 radical (unpaired) electrons. The third kappa shape index (κ3) is 4.18. The summed E-state index contributed by atoms with van der Waals surface area (Å²) in [4.78, 5) is 8.82. The molecule has 1 heterocycles. The second-order valence-electron chi connectivity index (χ2n) is 5.39. The van der Waals surface area contributed by atoms with Crippen molar-refractivity contribution in [2.24, 2.45) is 5.92 Å². The van der Waals surface area contributed by atoms with Crippen LogP contribution < -0.4 is 10.2 Å². The maximum atomic E-state index is 4.89. The van der Waals surface area contributed by atoms with E-state index in [-0.39, 0.29) is 0 Å². The molecule has 1 saturated carbocycles. The van der Waals surface area contributed by atoms with E-state index in [4.69, 9.17) is 4.98 Å². The number of aryl methyl sites for hydroxylation is 1. The molecular weight excluding hydrogens is 254 g/mol. The van der Waals surface area contributed by atoms with Crippen LogP contribution in [0.15, 0.2) is 0 Å². The Labute approximate surface area is 121 Å². The van der Waals surface area contributed by atoms with Crippen LogP contribution in [0.4, 0.5) is 5.13 Å². The number of thiazole rings is 1. The van der Waals surface area contributed by atoms with E-state index >= 15 is 0 Å². The predicted octanol–water partition coefficient (Wildman–Crippen LogP) is 3.44. The van der Waals surface area contributed by atoms with Gasteiger partial charge in [0.2, 0.25) is 0 Å². The van der Waals surface area contributed by atoms with Crippen molar-refractivity contribution in [2.45, 2.75) is 53.0 Å². The molecule has 0 unspecified atom stereocenters. The monoisotopic (exact) mass is 281 g/mol. The normalized spacial score (nSPS) is 14.9. The molecule has 0 amide bonds. The van der Waals surface area contributed by atoms with Gasteiger partial charge in [0.1, 0.15) is 0 Å². The van der Waals surface area contributed by atoms with Crippen molar-refractivity contribution in [1.82, 2.24) is 10.3 Å². The Morgan fingerprint density at radius 2 is 2.11 bits per heavy atom. The number of aromatic nitrogens is 1. The minimum atomic E-state index is 0.928. The molecule has 3 nitrogen and oxygen atoms in total. The molecule has 0 aliphatic heterocycles. The van der Waals surface area contributed by atoms with E-state index < -0.39 is 0 Å². The number of hydrogen-bond acceptors (Lipinski definition) is 4. The van der Waals surface area contributed by atoms with Gasteiger partial charge in [0, 0.05) is 24.5 Å². The van der Waals surface area contributed by atoms with E-state index in [0.29, 0.717) is 0 Å². The van der Waals surface area contributed by atoms with Gasteiger partial charge >= 0.3 is 0 Å². The van der Waals surface area contributed by atoms with Crippen LogP contribution in [0.5, 0.6) is 0 Å². The third-order valence-corrected chi connectivity index (χ3v) is 4.74. The molecule has 0 spiro atoms. The van der Waals surface area contributed by atoms with Crippen molar-refractivity contribution >= 4 is 16.5 Å². The minimum absolute atomic E-state index is 0.928. The summed E-state index contributed by atoms with van der Waals surface area (Å²) in [7, 11) is 0. The number of hydrogen-bond donors (Lipinski definition) is 1. The van der Waals surface area contributed by atoms with Crippen molar-refractivity contribution in [3.05, 3.63) is 10.6 Å². The second kappa shape index (κ2) is 7.25. The van der Waals surface area contributed by atoms with Crippen LogP contribution in [0.2, 0.25) is 0 Å². The lowest BCUT2D eigenvalue weighted by molar-refractivity contribution is 0.703. The summed E-state index contributed by atoms with van der Waals surface area (Å²) in [6.45, 7) is 11.0. The first kappa shape index (κ1) is 14.8. The zero-order valence-corrected chi connectivity index (χ0v) is 13.4. The van der Waals surface area contributed by atoms with Crippen molar-refractivity contribution in [2.75, 3.05) is 24.5 Å². The van der Waals surface area contributed by atoms with Crippen molar-refractivity contribution < 1.29 is 0 Å². The average molecular weight is 281 g/mol. The number of nitrogens with zero attached hydrogens (tertiary/aromatic N) is 2. The van der Waals surface area contributed by atoms with Crippen LogP contribution >= 0.6 is 11.3 Å². The van der Waals surface area contributed by atoms with Crippen LogP contribution in [0.25, 0.3) is 0 Å². The Balaban J connectivity index is 2.08. The van der Waals surface area contributed by atoms with Gasteiger partial charge in [-0.3, -0.25) is 0 Å². The van der Waals surface area contributed by atoms with Crippen LogP contribution in [0.3, 0.4) is 0 Å². The van der Waals surface area contributed by atoms with E-state index in [0.717, 1.165) is 32.0 Å². The fraction of sp³-hybridized carbons (Fsp3) is 0.800. The lowest BCUT2D eigenvalue weighted by Crippen LogP contribution is -2.26. The van der Waals surface area contributed by atoms with Gasteiger partial charge in [-0.1, -0.05) is 20.8 Å². The molecule has 1 aliphatic rings. The lowest BCUT2D eigenvalue weighted by Gasteiger charge is -2.20. The molecular formula is C15H27N3S. The Morgan fingerprint density at radius 1 is 1.32 bits per heavy atom. The number of nitrogens with one attached hydrogen (secondary N) is 1. The van der Waals surface area contributed by atoms with E-state index in [1.54, 1.807) is 0 Å². The maximum Gasteiger partial charge on any atom is 0.185 e. The van der Waals surface area contributed by atoms with Crippen molar-refractivity contribution in [1.29, 1.82) is 0 Å². The lowest BCUT2D eigenvalue weighted by atomic mass is 10.3. The molecule has 2 rings (SSSR count). The Bertz CT molecular complexity index is 385. The van der Waals surface area contributed by atoms with Crippen LogP contribution in [0, 0.1) is 5.92 Å². The van der Waals surface area contributed by atoms with E-state index in [1.807, 2.05) is 11.3 Å². The molecule has 0 atom stereocenters. The SMILES string of the molecule is CCCN(CC1CC1)c1nc(CC)c(CNCC)s1. The van der Waals surface area contributed by atoms with Gasteiger partial charge in [0.15, 0.2) is 5.13 Å². The highest BCUT2D eigenvalue weighted by Gasteiger charge is 2.25. The quantitative estimate of drug-likeness (QED) is 0.751. The van der Waals surface area contributed by atoms with Crippen LogP contribution in [0.1, 0.15) is 50.6 Å². The Morgan fingerprint density at radius 3 is 2.68 bits per heavy atom. The van der Waals surface area contributed by atoms with Crippen LogP contribution in [-0.4, -0.2) is 24.6 Å². The molecule has 1 N–H and O–H groups in total. The zero-order valence-electron chi connectivity index (χ0n) is 12.5. The smallest absolute Gasteiger partial charge is 0.185 e. The van der Waals surface area contributed by atoms with Crippen molar-refractivity contribution in [3.63, 3.8) is 0 Å². The Hall–Kier alpha value is -0.610. The zero-order chi connectivity index (χ0) is 13.7. The average Bonchev–Trinajstić information content (AvgIpc) is 3.14. The molecule has 108 valence electrons. The predicted molar refractivity (Wildman–Crippen MR) is 84.1 cm³/mol. The summed E-state index contributed by atoms with van der Waals surface area (Å²) in [6, 6.07) is 0. The first-order chi connectivity index (χ1) is 9.28. The molecule has 4 heteroatoms. The van der Waals surface area contributed by atoms with E-state index in [2.05, 4.69) is 31.0 Å². The second-order valence-corrected chi connectivity index (χ2v) is 6.45. The standard InChI is InChI=1S/C15H27N3S/c1-4-9-18(11-12-7-8-12)15-17-13(5-2)14(19-15)10-16-6-3/h12,16H,4-11H2,1-3H3. The molecule has 1 aromatic rings. The van der Waals surface area contributed by atoms with Crippen LogP contribution in [-0.2, 0) is 13.0 Å². The highest BCUT2D eigenvalue weighted by molar-refractivity contribution is 7.15. The van der Waals surface area contributed by atoms with Gasteiger partial charge in [0.05, 0.1) is 5.69 Å². The van der Waals surface area contributed by atoms with Gasteiger partial charge in [-0.25, -0.2) is 4.98 Å². The van der Waals surface area contributed by atoms with E-state index in [1.165, 1.54) is 41.5 Å². The largest absolute Gasteiger partial charge is 0.348 e. The molecule has 0 aromatic carbocycles. The summed E-state index contributed by atoms with van der Waals surface area (Å²) >= 11 is 1.89. The summed E-state index contributed by atoms with van der Waals surface area (Å²) in [5, 5.41) is 4.68.